The molecule has 0 saturated carbocycles. The fourth-order valence-electron chi connectivity index (χ4n) is 5.67. The number of benzene rings is 4. The SMILES string of the molecule is CCC(Oc1ccc(C(C)(C)CC)cc1C(C)(C)CC)C(=O)Nc1ccc(N2N=C(c3ccc(Cl)cc3)C(Oc3ccc(C)cc3)C2=O)cc1. The third kappa shape index (κ3) is 8.05. The van der Waals surface area contributed by atoms with Crippen LogP contribution in [0.3, 0.4) is 0 Å². The van der Waals surface area contributed by atoms with Gasteiger partial charge >= 0.3 is 0 Å². The Labute approximate surface area is 301 Å². The molecule has 2 atom stereocenters. The van der Waals surface area contributed by atoms with Crippen LogP contribution >= 0.6 is 11.6 Å². The third-order valence-electron chi connectivity index (χ3n) is 9.87. The lowest BCUT2D eigenvalue weighted by atomic mass is 9.76. The number of nitrogens with zero attached hydrogens (tertiary/aromatic N) is 2. The number of hydrazone groups is 1. The molecule has 0 fully saturated rings. The summed E-state index contributed by atoms with van der Waals surface area (Å²) in [6.45, 7) is 17.2. The second-order valence-corrected chi connectivity index (χ2v) is 14.6. The highest BCUT2D eigenvalue weighted by Crippen LogP contribution is 2.39. The first-order valence-corrected chi connectivity index (χ1v) is 17.8. The van der Waals surface area contributed by atoms with Gasteiger partial charge in [0, 0.05) is 21.8 Å². The van der Waals surface area contributed by atoms with Crippen molar-refractivity contribution < 1.29 is 19.1 Å². The van der Waals surface area contributed by atoms with Gasteiger partial charge < -0.3 is 14.8 Å². The average molecular weight is 694 g/mol. The molecule has 1 aliphatic heterocycles. The minimum atomic E-state index is -0.953. The average Bonchev–Trinajstić information content (AvgIpc) is 3.43. The molecular formula is C42H48ClN3O4. The summed E-state index contributed by atoms with van der Waals surface area (Å²) in [5.74, 6) is 0.722. The standard InChI is InChI=1S/C42H48ClN3O4/c1-9-35(50-36-25-16-29(41(5,6)10-2)26-34(36)42(7,8)11-3)39(47)44-31-19-21-32(22-20-31)46-40(48)38(49-33-23-12-27(4)13-24-33)37(45-46)28-14-17-30(43)18-15-28/h12-26,35,38H,9-11H2,1-8H3,(H,44,47). The molecule has 1 aliphatic rings. The van der Waals surface area contributed by atoms with Gasteiger partial charge in [0.2, 0.25) is 6.10 Å². The Morgan fingerprint density at radius 2 is 1.52 bits per heavy atom. The summed E-state index contributed by atoms with van der Waals surface area (Å²) < 4.78 is 12.7. The Balaban J connectivity index is 1.34. The molecule has 5 rings (SSSR count). The maximum absolute atomic E-state index is 13.8. The van der Waals surface area contributed by atoms with Gasteiger partial charge in [0.1, 0.15) is 17.2 Å². The number of aryl methyl sites for hydroxylation is 1. The quantitative estimate of drug-likeness (QED) is 0.151. The highest BCUT2D eigenvalue weighted by molar-refractivity contribution is 6.31. The van der Waals surface area contributed by atoms with Gasteiger partial charge in [-0.3, -0.25) is 9.59 Å². The van der Waals surface area contributed by atoms with Crippen molar-refractivity contribution in [3.8, 4) is 11.5 Å². The summed E-state index contributed by atoms with van der Waals surface area (Å²) in [7, 11) is 0. The summed E-state index contributed by atoms with van der Waals surface area (Å²) in [6.07, 6.45) is 0.785. The molecule has 0 bridgehead atoms. The van der Waals surface area contributed by atoms with Crippen LogP contribution in [0.1, 0.15) is 90.0 Å². The van der Waals surface area contributed by atoms with Gasteiger partial charge in [-0.15, -0.1) is 0 Å². The molecule has 1 heterocycles. The lowest BCUT2D eigenvalue weighted by Gasteiger charge is -2.31. The number of rotatable bonds is 13. The van der Waals surface area contributed by atoms with Crippen LogP contribution in [0.2, 0.25) is 5.02 Å². The van der Waals surface area contributed by atoms with Crippen LogP contribution in [0.4, 0.5) is 11.4 Å². The predicted molar refractivity (Wildman–Crippen MR) is 204 cm³/mol. The smallest absolute Gasteiger partial charge is 0.294 e. The Kier molecular flexibility index (Phi) is 11.1. The van der Waals surface area contributed by atoms with Crippen LogP contribution in [0, 0.1) is 6.92 Å². The molecule has 0 aromatic heterocycles. The van der Waals surface area contributed by atoms with E-state index in [2.05, 4.69) is 59.0 Å². The number of hydrogen-bond acceptors (Lipinski definition) is 5. The van der Waals surface area contributed by atoms with Gasteiger partial charge in [-0.25, -0.2) is 0 Å². The zero-order chi connectivity index (χ0) is 36.2. The Morgan fingerprint density at radius 3 is 2.12 bits per heavy atom. The fourth-order valence-corrected chi connectivity index (χ4v) is 5.80. The number of hydrogen-bond donors (Lipinski definition) is 1. The number of nitrogens with one attached hydrogen (secondary N) is 1. The maximum atomic E-state index is 13.8. The van der Waals surface area contributed by atoms with Crippen molar-refractivity contribution in [2.24, 2.45) is 5.10 Å². The Bertz CT molecular complexity index is 1850. The number of carbonyl (C=O) groups excluding carboxylic acids is 2. The topological polar surface area (TPSA) is 80.2 Å². The van der Waals surface area contributed by atoms with Crippen molar-refractivity contribution in [3.05, 3.63) is 118 Å². The zero-order valence-corrected chi connectivity index (χ0v) is 31.1. The molecule has 0 saturated heterocycles. The molecular weight excluding hydrogens is 646 g/mol. The molecule has 262 valence electrons. The lowest BCUT2D eigenvalue weighted by Crippen LogP contribution is -2.37. The normalized spacial score (nSPS) is 15.5. The molecule has 0 aliphatic carbocycles. The first kappa shape index (κ1) is 36.7. The zero-order valence-electron chi connectivity index (χ0n) is 30.3. The molecule has 4 aromatic rings. The molecule has 2 amide bonds. The summed E-state index contributed by atoms with van der Waals surface area (Å²) in [5, 5.41) is 9.63. The van der Waals surface area contributed by atoms with Gasteiger partial charge in [0.25, 0.3) is 11.8 Å². The van der Waals surface area contributed by atoms with Crippen LogP contribution in [0.15, 0.2) is 96.1 Å². The van der Waals surface area contributed by atoms with E-state index in [1.165, 1.54) is 10.6 Å². The van der Waals surface area contributed by atoms with E-state index in [-0.39, 0.29) is 22.6 Å². The van der Waals surface area contributed by atoms with Crippen LogP contribution in [0.25, 0.3) is 0 Å². The van der Waals surface area contributed by atoms with Crippen LogP contribution in [-0.2, 0) is 20.4 Å². The van der Waals surface area contributed by atoms with E-state index in [0.717, 1.165) is 35.3 Å². The Hall–Kier alpha value is -4.62. The predicted octanol–water partition coefficient (Wildman–Crippen LogP) is 10.0. The third-order valence-corrected chi connectivity index (χ3v) is 10.1. The van der Waals surface area contributed by atoms with Gasteiger partial charge in [0.05, 0.1) is 5.69 Å². The first-order valence-electron chi connectivity index (χ1n) is 17.4. The van der Waals surface area contributed by atoms with Crippen LogP contribution in [0.5, 0.6) is 11.5 Å². The molecule has 4 aromatic carbocycles. The number of anilines is 2. The van der Waals surface area contributed by atoms with Crippen molar-refractivity contribution in [2.75, 3.05) is 10.3 Å². The van der Waals surface area contributed by atoms with Crippen LogP contribution < -0.4 is 19.8 Å². The molecule has 0 radical (unpaired) electrons. The van der Waals surface area contributed by atoms with E-state index in [1.807, 2.05) is 56.3 Å². The highest BCUT2D eigenvalue weighted by Gasteiger charge is 2.39. The van der Waals surface area contributed by atoms with Gasteiger partial charge in [-0.2, -0.15) is 10.1 Å². The van der Waals surface area contributed by atoms with Crippen molar-refractivity contribution >= 4 is 40.5 Å². The molecule has 0 spiro atoms. The van der Waals surface area contributed by atoms with E-state index < -0.39 is 12.2 Å². The van der Waals surface area contributed by atoms with E-state index in [0.29, 0.717) is 34.3 Å². The van der Waals surface area contributed by atoms with E-state index in [4.69, 9.17) is 26.2 Å². The van der Waals surface area contributed by atoms with Gasteiger partial charge in [0.15, 0.2) is 6.10 Å². The molecule has 50 heavy (non-hydrogen) atoms. The minimum absolute atomic E-state index is 0.0300. The summed E-state index contributed by atoms with van der Waals surface area (Å²) in [5.41, 5.74) is 5.67. The van der Waals surface area contributed by atoms with Crippen LogP contribution in [-0.4, -0.2) is 29.7 Å². The number of carbonyl (C=O) groups is 2. The number of halogens is 1. The number of ether oxygens (including phenoxy) is 2. The van der Waals surface area contributed by atoms with Crippen molar-refractivity contribution in [1.82, 2.24) is 0 Å². The summed E-state index contributed by atoms with van der Waals surface area (Å²) >= 11 is 6.14. The molecule has 7 nitrogen and oxygen atoms in total. The largest absolute Gasteiger partial charge is 0.480 e. The van der Waals surface area contributed by atoms with Gasteiger partial charge in [-0.05, 0) is 97.2 Å². The summed E-state index contributed by atoms with van der Waals surface area (Å²) in [6, 6.07) is 28.1. The fraction of sp³-hybridized carbons (Fsp3) is 0.357. The van der Waals surface area contributed by atoms with E-state index >= 15 is 0 Å². The van der Waals surface area contributed by atoms with E-state index in [1.54, 1.807) is 36.4 Å². The maximum Gasteiger partial charge on any atom is 0.294 e. The van der Waals surface area contributed by atoms with Crippen molar-refractivity contribution in [1.29, 1.82) is 0 Å². The molecule has 2 unspecified atom stereocenters. The lowest BCUT2D eigenvalue weighted by molar-refractivity contribution is -0.123. The monoisotopic (exact) mass is 693 g/mol. The second-order valence-electron chi connectivity index (χ2n) is 14.2. The minimum Gasteiger partial charge on any atom is -0.480 e. The molecule has 8 heteroatoms. The van der Waals surface area contributed by atoms with Gasteiger partial charge in [-0.1, -0.05) is 102 Å². The van der Waals surface area contributed by atoms with Crippen molar-refractivity contribution in [3.63, 3.8) is 0 Å². The molecule has 1 N–H and O–H groups in total. The second kappa shape index (κ2) is 15.1. The summed E-state index contributed by atoms with van der Waals surface area (Å²) in [4.78, 5) is 27.3. The van der Waals surface area contributed by atoms with E-state index in [9.17, 15) is 9.59 Å². The highest BCUT2D eigenvalue weighted by atomic mass is 35.5. The first-order chi connectivity index (χ1) is 23.8. The number of amides is 2. The van der Waals surface area contributed by atoms with Crippen molar-refractivity contribution in [2.45, 2.75) is 97.7 Å². The Morgan fingerprint density at radius 1 is 0.880 bits per heavy atom.